The van der Waals surface area contributed by atoms with E-state index in [-0.39, 0.29) is 5.82 Å². The van der Waals surface area contributed by atoms with E-state index in [2.05, 4.69) is 4.98 Å². The number of aromatic nitrogens is 2. The van der Waals surface area contributed by atoms with Crippen molar-refractivity contribution >= 4 is 11.3 Å². The Balaban J connectivity index is 2.28. The minimum atomic E-state index is -0.326. The maximum atomic E-state index is 14.0. The molecule has 0 aliphatic rings. The standard InChI is InChI=1S/C16H17FN4/c1-20(2)10-14-15(11-5-3-6-12(18)9-11)19-16-13(17)7-4-8-21(14)16/h3-9H,10,18H2,1-2H3. The molecule has 0 unspecified atom stereocenters. The Bertz CT molecular complexity index is 792. The number of nitrogens with two attached hydrogens (primary N) is 1. The van der Waals surface area contributed by atoms with Crippen LogP contribution in [0.2, 0.25) is 0 Å². The van der Waals surface area contributed by atoms with Crippen LogP contribution in [0.15, 0.2) is 42.6 Å². The van der Waals surface area contributed by atoms with Crippen LogP contribution in [0.25, 0.3) is 16.9 Å². The Morgan fingerprint density at radius 2 is 2.05 bits per heavy atom. The highest BCUT2D eigenvalue weighted by Gasteiger charge is 2.16. The van der Waals surface area contributed by atoms with Gasteiger partial charge in [-0.3, -0.25) is 4.40 Å². The van der Waals surface area contributed by atoms with Gasteiger partial charge in [0, 0.05) is 24.0 Å². The number of anilines is 1. The van der Waals surface area contributed by atoms with E-state index in [1.165, 1.54) is 6.07 Å². The lowest BCUT2D eigenvalue weighted by Gasteiger charge is -2.11. The van der Waals surface area contributed by atoms with Crippen LogP contribution in [-0.2, 0) is 6.54 Å². The first-order chi connectivity index (χ1) is 10.1. The van der Waals surface area contributed by atoms with Crippen LogP contribution in [0.5, 0.6) is 0 Å². The molecule has 4 nitrogen and oxygen atoms in total. The van der Waals surface area contributed by atoms with Crippen molar-refractivity contribution in [1.82, 2.24) is 14.3 Å². The van der Waals surface area contributed by atoms with Gasteiger partial charge in [0.25, 0.3) is 0 Å². The molecule has 2 aromatic heterocycles. The van der Waals surface area contributed by atoms with Gasteiger partial charge in [-0.1, -0.05) is 12.1 Å². The molecule has 1 aromatic carbocycles. The average Bonchev–Trinajstić information content (AvgIpc) is 2.79. The second-order valence-corrected chi connectivity index (χ2v) is 5.32. The third-order valence-electron chi connectivity index (χ3n) is 3.33. The molecule has 0 saturated carbocycles. The summed E-state index contributed by atoms with van der Waals surface area (Å²) in [6, 6.07) is 10.6. The number of nitrogen functional groups attached to an aromatic ring is 1. The molecule has 3 rings (SSSR count). The van der Waals surface area contributed by atoms with Gasteiger partial charge < -0.3 is 10.6 Å². The number of rotatable bonds is 3. The van der Waals surface area contributed by atoms with Crippen molar-refractivity contribution in [2.45, 2.75) is 6.54 Å². The summed E-state index contributed by atoms with van der Waals surface area (Å²) < 4.78 is 15.8. The van der Waals surface area contributed by atoms with Gasteiger partial charge in [0.05, 0.1) is 11.4 Å². The van der Waals surface area contributed by atoms with Crippen molar-refractivity contribution in [3.63, 3.8) is 0 Å². The highest BCUT2D eigenvalue weighted by molar-refractivity contribution is 5.69. The molecule has 2 N–H and O–H groups in total. The van der Waals surface area contributed by atoms with Crippen molar-refractivity contribution < 1.29 is 4.39 Å². The lowest BCUT2D eigenvalue weighted by atomic mass is 10.1. The Hall–Kier alpha value is -2.40. The van der Waals surface area contributed by atoms with Gasteiger partial charge in [-0.2, -0.15) is 0 Å². The number of imidazole rings is 1. The van der Waals surface area contributed by atoms with Crippen LogP contribution in [-0.4, -0.2) is 28.4 Å². The number of hydrogen-bond acceptors (Lipinski definition) is 3. The number of pyridine rings is 1. The highest BCUT2D eigenvalue weighted by atomic mass is 19.1. The fraction of sp³-hybridized carbons (Fsp3) is 0.188. The molecule has 0 amide bonds. The van der Waals surface area contributed by atoms with Crippen molar-refractivity contribution in [2.75, 3.05) is 19.8 Å². The Kier molecular flexibility index (Phi) is 3.35. The zero-order valence-corrected chi connectivity index (χ0v) is 12.0. The molecule has 108 valence electrons. The van der Waals surface area contributed by atoms with Crippen LogP contribution in [0.3, 0.4) is 0 Å². The fourth-order valence-electron chi connectivity index (χ4n) is 2.45. The van der Waals surface area contributed by atoms with E-state index >= 15 is 0 Å². The zero-order valence-electron chi connectivity index (χ0n) is 12.0. The van der Waals surface area contributed by atoms with E-state index in [9.17, 15) is 4.39 Å². The van der Waals surface area contributed by atoms with E-state index in [1.807, 2.05) is 49.5 Å². The molecule has 2 heterocycles. The third kappa shape index (κ3) is 2.48. The third-order valence-corrected chi connectivity index (χ3v) is 3.33. The summed E-state index contributed by atoms with van der Waals surface area (Å²) in [6.07, 6.45) is 1.83. The summed E-state index contributed by atoms with van der Waals surface area (Å²) in [6.45, 7) is 0.661. The largest absolute Gasteiger partial charge is 0.399 e. The van der Waals surface area contributed by atoms with Gasteiger partial charge >= 0.3 is 0 Å². The molecule has 0 fully saturated rings. The van der Waals surface area contributed by atoms with Gasteiger partial charge in [0.15, 0.2) is 11.5 Å². The summed E-state index contributed by atoms with van der Waals surface area (Å²) in [5, 5.41) is 0. The second-order valence-electron chi connectivity index (χ2n) is 5.32. The lowest BCUT2D eigenvalue weighted by Crippen LogP contribution is -2.13. The minimum Gasteiger partial charge on any atom is -0.399 e. The van der Waals surface area contributed by atoms with Crippen molar-refractivity contribution in [2.24, 2.45) is 0 Å². The predicted octanol–water partition coefficient (Wildman–Crippen LogP) is 2.78. The first-order valence-electron chi connectivity index (χ1n) is 6.72. The number of hydrogen-bond donors (Lipinski definition) is 1. The molecule has 0 bridgehead atoms. The molecule has 21 heavy (non-hydrogen) atoms. The van der Waals surface area contributed by atoms with E-state index in [0.717, 1.165) is 17.0 Å². The maximum Gasteiger partial charge on any atom is 0.174 e. The summed E-state index contributed by atoms with van der Waals surface area (Å²) in [5.41, 5.74) is 9.47. The molecule has 0 aliphatic heterocycles. The number of nitrogens with zero attached hydrogens (tertiary/aromatic N) is 3. The highest BCUT2D eigenvalue weighted by Crippen LogP contribution is 2.27. The Morgan fingerprint density at radius 3 is 2.76 bits per heavy atom. The topological polar surface area (TPSA) is 46.6 Å². The van der Waals surface area contributed by atoms with Gasteiger partial charge in [-0.25, -0.2) is 9.37 Å². The van der Waals surface area contributed by atoms with Gasteiger partial charge in [0.1, 0.15) is 0 Å². The number of halogens is 1. The molecule has 0 atom stereocenters. The van der Waals surface area contributed by atoms with E-state index in [0.29, 0.717) is 17.9 Å². The molecule has 3 aromatic rings. The SMILES string of the molecule is CN(C)Cc1c(-c2cccc(N)c2)nc2c(F)cccn12. The van der Waals surface area contributed by atoms with Crippen molar-refractivity contribution in [3.8, 4) is 11.3 Å². The second kappa shape index (κ2) is 5.18. The minimum absolute atomic E-state index is 0.326. The first-order valence-corrected chi connectivity index (χ1v) is 6.72. The molecular formula is C16H17FN4. The van der Waals surface area contributed by atoms with Crippen molar-refractivity contribution in [3.05, 3.63) is 54.1 Å². The van der Waals surface area contributed by atoms with E-state index in [4.69, 9.17) is 5.73 Å². The zero-order chi connectivity index (χ0) is 15.0. The smallest absolute Gasteiger partial charge is 0.174 e. The molecule has 0 aliphatic carbocycles. The number of benzene rings is 1. The predicted molar refractivity (Wildman–Crippen MR) is 82.4 cm³/mol. The van der Waals surface area contributed by atoms with Crippen molar-refractivity contribution in [1.29, 1.82) is 0 Å². The summed E-state index contributed by atoms with van der Waals surface area (Å²) in [7, 11) is 3.95. The fourth-order valence-corrected chi connectivity index (χ4v) is 2.45. The summed E-state index contributed by atoms with van der Waals surface area (Å²) in [5.74, 6) is -0.326. The Morgan fingerprint density at radius 1 is 1.24 bits per heavy atom. The molecular weight excluding hydrogens is 267 g/mol. The van der Waals surface area contributed by atoms with Crippen LogP contribution in [0.1, 0.15) is 5.69 Å². The van der Waals surface area contributed by atoms with Gasteiger partial charge in [-0.15, -0.1) is 0 Å². The molecule has 0 saturated heterocycles. The summed E-state index contributed by atoms with van der Waals surface area (Å²) in [4.78, 5) is 6.51. The van der Waals surface area contributed by atoms with Gasteiger partial charge in [0.2, 0.25) is 0 Å². The average molecular weight is 284 g/mol. The van der Waals surface area contributed by atoms with Gasteiger partial charge in [-0.05, 0) is 38.4 Å². The summed E-state index contributed by atoms with van der Waals surface area (Å²) >= 11 is 0. The lowest BCUT2D eigenvalue weighted by molar-refractivity contribution is 0.396. The quantitative estimate of drug-likeness (QED) is 0.752. The molecule has 5 heteroatoms. The molecule has 0 radical (unpaired) electrons. The number of fused-ring (bicyclic) bond motifs is 1. The normalized spacial score (nSPS) is 11.4. The van der Waals surface area contributed by atoms with E-state index < -0.39 is 0 Å². The van der Waals surface area contributed by atoms with Crippen LogP contribution >= 0.6 is 0 Å². The Labute approximate surface area is 122 Å². The first kappa shape index (κ1) is 13.6. The maximum absolute atomic E-state index is 14.0. The van der Waals surface area contributed by atoms with Crippen LogP contribution in [0.4, 0.5) is 10.1 Å². The molecule has 0 spiro atoms. The van der Waals surface area contributed by atoms with Crippen LogP contribution < -0.4 is 5.73 Å². The monoisotopic (exact) mass is 284 g/mol. The van der Waals surface area contributed by atoms with Crippen LogP contribution in [0, 0.1) is 5.82 Å². The van der Waals surface area contributed by atoms with E-state index in [1.54, 1.807) is 10.5 Å².